The molecule has 0 radical (unpaired) electrons. The Hall–Kier alpha value is -4.41. The molecule has 3 aromatic carbocycles. The summed E-state index contributed by atoms with van der Waals surface area (Å²) in [5.74, 6) is 0.525. The molecule has 0 saturated carbocycles. The molecule has 4 atom stereocenters. The van der Waals surface area contributed by atoms with Crippen molar-refractivity contribution < 1.29 is 33.3 Å². The maximum absolute atomic E-state index is 13.0. The summed E-state index contributed by atoms with van der Waals surface area (Å²) in [6, 6.07) is 25.0. The van der Waals surface area contributed by atoms with E-state index in [-0.39, 0.29) is 17.7 Å². The average molecular weight is 485 g/mol. The van der Waals surface area contributed by atoms with Crippen molar-refractivity contribution in [3.05, 3.63) is 108 Å². The van der Waals surface area contributed by atoms with Gasteiger partial charge in [0.05, 0.1) is 16.7 Å². The predicted molar refractivity (Wildman–Crippen MR) is 130 cm³/mol. The molecule has 1 aliphatic rings. The van der Waals surface area contributed by atoms with Gasteiger partial charge in [-0.1, -0.05) is 60.5 Å². The molecule has 4 unspecified atom stereocenters. The smallest absolute Gasteiger partial charge is 0.339 e. The van der Waals surface area contributed by atoms with E-state index >= 15 is 0 Å². The van der Waals surface area contributed by atoms with Crippen LogP contribution in [0, 0.1) is 12.3 Å². The number of esters is 3. The highest BCUT2D eigenvalue weighted by atomic mass is 16.7. The van der Waals surface area contributed by atoms with Gasteiger partial charge in [0.25, 0.3) is 0 Å². The number of ether oxygens (including phenoxy) is 4. The van der Waals surface area contributed by atoms with Gasteiger partial charge in [-0.25, -0.2) is 14.4 Å². The van der Waals surface area contributed by atoms with E-state index in [0.717, 1.165) is 0 Å². The summed E-state index contributed by atoms with van der Waals surface area (Å²) in [5.41, 5.74) is -0.870. The van der Waals surface area contributed by atoms with Crippen LogP contribution in [0.25, 0.3) is 0 Å². The van der Waals surface area contributed by atoms with Crippen molar-refractivity contribution in [3.63, 3.8) is 0 Å². The first kappa shape index (κ1) is 24.7. The highest BCUT2D eigenvalue weighted by Gasteiger charge is 2.60. The first-order chi connectivity index (χ1) is 17.4. The second-order valence-corrected chi connectivity index (χ2v) is 8.17. The van der Waals surface area contributed by atoms with Crippen molar-refractivity contribution in [1.82, 2.24) is 0 Å². The van der Waals surface area contributed by atoms with Crippen molar-refractivity contribution in [2.75, 3.05) is 6.61 Å². The molecule has 36 heavy (non-hydrogen) atoms. The molecule has 0 spiro atoms. The number of carbonyl (C=O) groups excluding carboxylic acids is 3. The van der Waals surface area contributed by atoms with E-state index in [0.29, 0.717) is 5.56 Å². The van der Waals surface area contributed by atoms with Gasteiger partial charge < -0.3 is 18.9 Å². The van der Waals surface area contributed by atoms with Gasteiger partial charge >= 0.3 is 17.9 Å². The SMILES string of the molecule is C#CC1(OC(=O)c2ccccc2)C(C)OC(COC(=O)c2ccccc2)C1OC(=O)c1ccccc1. The Bertz CT molecular complexity index is 1250. The Morgan fingerprint density at radius 1 is 0.806 bits per heavy atom. The third kappa shape index (κ3) is 5.14. The first-order valence-electron chi connectivity index (χ1n) is 11.3. The Labute approximate surface area is 208 Å². The number of hydrogen-bond acceptors (Lipinski definition) is 7. The summed E-state index contributed by atoms with van der Waals surface area (Å²) >= 11 is 0. The zero-order chi connectivity index (χ0) is 25.5. The van der Waals surface area contributed by atoms with Gasteiger partial charge in [0.2, 0.25) is 5.60 Å². The molecule has 7 heteroatoms. The van der Waals surface area contributed by atoms with Crippen molar-refractivity contribution in [2.24, 2.45) is 0 Å². The van der Waals surface area contributed by atoms with Gasteiger partial charge in [-0.2, -0.15) is 0 Å². The summed E-state index contributed by atoms with van der Waals surface area (Å²) in [4.78, 5) is 38.5. The molecule has 1 saturated heterocycles. The van der Waals surface area contributed by atoms with Crippen LogP contribution in [0.5, 0.6) is 0 Å². The lowest BCUT2D eigenvalue weighted by molar-refractivity contribution is -0.0643. The second-order valence-electron chi connectivity index (χ2n) is 8.17. The highest BCUT2D eigenvalue weighted by molar-refractivity contribution is 5.91. The third-order valence-electron chi connectivity index (χ3n) is 5.87. The summed E-state index contributed by atoms with van der Waals surface area (Å²) in [5, 5.41) is 0. The molecule has 0 amide bonds. The molecule has 182 valence electrons. The van der Waals surface area contributed by atoms with Crippen LogP contribution in [-0.2, 0) is 18.9 Å². The number of hydrogen-bond donors (Lipinski definition) is 0. The van der Waals surface area contributed by atoms with Gasteiger partial charge in [0, 0.05) is 0 Å². The summed E-state index contributed by atoms with van der Waals surface area (Å²) in [6.45, 7) is 1.33. The van der Waals surface area contributed by atoms with Gasteiger partial charge in [-0.05, 0) is 43.3 Å². The van der Waals surface area contributed by atoms with Gasteiger partial charge in [0.1, 0.15) is 18.8 Å². The normalized spacial score (nSPS) is 22.7. The largest absolute Gasteiger partial charge is 0.459 e. The fraction of sp³-hybridized carbons (Fsp3) is 0.207. The quantitative estimate of drug-likeness (QED) is 0.284. The topological polar surface area (TPSA) is 88.1 Å². The molecule has 0 bridgehead atoms. The van der Waals surface area contributed by atoms with Gasteiger partial charge in [-0.15, -0.1) is 6.42 Å². The van der Waals surface area contributed by atoms with Crippen LogP contribution in [0.15, 0.2) is 91.0 Å². The zero-order valence-electron chi connectivity index (χ0n) is 19.5. The number of rotatable bonds is 7. The average Bonchev–Trinajstić information content (AvgIpc) is 3.18. The van der Waals surface area contributed by atoms with E-state index in [9.17, 15) is 14.4 Å². The van der Waals surface area contributed by atoms with Crippen LogP contribution < -0.4 is 0 Å². The molecule has 4 rings (SSSR count). The van der Waals surface area contributed by atoms with Gasteiger partial charge in [-0.3, -0.25) is 0 Å². The van der Waals surface area contributed by atoms with Crippen LogP contribution in [0.2, 0.25) is 0 Å². The lowest BCUT2D eigenvalue weighted by Crippen LogP contribution is -2.52. The summed E-state index contributed by atoms with van der Waals surface area (Å²) in [7, 11) is 0. The van der Waals surface area contributed by atoms with Crippen molar-refractivity contribution in [1.29, 1.82) is 0 Å². The molecule has 7 nitrogen and oxygen atoms in total. The van der Waals surface area contributed by atoms with Crippen molar-refractivity contribution >= 4 is 17.9 Å². The maximum Gasteiger partial charge on any atom is 0.339 e. The van der Waals surface area contributed by atoms with E-state index in [2.05, 4.69) is 5.92 Å². The van der Waals surface area contributed by atoms with Crippen LogP contribution in [0.4, 0.5) is 0 Å². The minimum atomic E-state index is -1.76. The van der Waals surface area contributed by atoms with Crippen molar-refractivity contribution in [2.45, 2.75) is 30.8 Å². The number of carbonyl (C=O) groups is 3. The van der Waals surface area contributed by atoms with E-state index in [1.165, 1.54) is 0 Å². The van der Waals surface area contributed by atoms with E-state index in [1.54, 1.807) is 97.9 Å². The summed E-state index contributed by atoms with van der Waals surface area (Å²) in [6.07, 6.45) is 2.79. The van der Waals surface area contributed by atoms with E-state index < -0.39 is 41.8 Å². The highest BCUT2D eigenvalue weighted by Crippen LogP contribution is 2.38. The van der Waals surface area contributed by atoms with E-state index in [1.807, 2.05) is 0 Å². The molecule has 0 N–H and O–H groups in total. The molecule has 1 aliphatic heterocycles. The molecule has 3 aromatic rings. The van der Waals surface area contributed by atoms with Crippen LogP contribution in [-0.4, -0.2) is 48.4 Å². The molecular formula is C29H24O7. The van der Waals surface area contributed by atoms with Crippen LogP contribution in [0.1, 0.15) is 38.0 Å². The Kier molecular flexibility index (Phi) is 7.47. The first-order valence-corrected chi connectivity index (χ1v) is 11.3. The minimum Gasteiger partial charge on any atom is -0.459 e. The molecule has 1 heterocycles. The number of benzene rings is 3. The number of terminal acetylenes is 1. The summed E-state index contributed by atoms with van der Waals surface area (Å²) < 4.78 is 23.0. The molecular weight excluding hydrogens is 460 g/mol. The Balaban J connectivity index is 1.61. The lowest BCUT2D eigenvalue weighted by atomic mass is 9.91. The zero-order valence-corrected chi connectivity index (χ0v) is 19.5. The van der Waals surface area contributed by atoms with Crippen molar-refractivity contribution in [3.8, 4) is 12.3 Å². The fourth-order valence-corrected chi connectivity index (χ4v) is 3.96. The standard InChI is InChI=1S/C29H24O7/c1-3-29(36-28(32)23-17-11-6-12-18-23)20(2)34-24(19-33-26(30)21-13-7-4-8-14-21)25(29)35-27(31)22-15-9-5-10-16-22/h1,4-18,20,24-25H,19H2,2H3. The second kappa shape index (κ2) is 10.9. The van der Waals surface area contributed by atoms with E-state index in [4.69, 9.17) is 25.4 Å². The van der Waals surface area contributed by atoms with Crippen LogP contribution in [0.3, 0.4) is 0 Å². The van der Waals surface area contributed by atoms with Crippen LogP contribution >= 0.6 is 0 Å². The van der Waals surface area contributed by atoms with Gasteiger partial charge in [0.15, 0.2) is 6.10 Å². The molecule has 0 aromatic heterocycles. The monoisotopic (exact) mass is 484 g/mol. The minimum absolute atomic E-state index is 0.270. The maximum atomic E-state index is 13.0. The Morgan fingerprint density at radius 3 is 1.78 bits per heavy atom. The molecule has 1 fully saturated rings. The lowest BCUT2D eigenvalue weighted by Gasteiger charge is -2.32. The molecule has 0 aliphatic carbocycles. The Morgan fingerprint density at radius 2 is 1.28 bits per heavy atom. The fourth-order valence-electron chi connectivity index (χ4n) is 3.96. The third-order valence-corrected chi connectivity index (χ3v) is 5.87. The predicted octanol–water partition coefficient (Wildman–Crippen LogP) is 4.09.